The normalized spacial score (nSPS) is 13.5. The number of carboxylic acids is 1. The van der Waals surface area contributed by atoms with Crippen LogP contribution in [-0.4, -0.2) is 48.3 Å². The number of pyridine rings is 1. The smallest absolute Gasteiger partial charge is 0.305 e. The minimum absolute atomic E-state index is 0.0122. The first kappa shape index (κ1) is 27.4. The lowest BCUT2D eigenvalue weighted by atomic mass is 9.90. The molecule has 0 aliphatic carbocycles. The Bertz CT molecular complexity index is 1480. The molecule has 0 radical (unpaired) electrons. The molecule has 0 saturated heterocycles. The van der Waals surface area contributed by atoms with Crippen molar-refractivity contribution in [2.75, 3.05) is 0 Å². The Morgan fingerprint density at radius 1 is 1.08 bits per heavy atom. The van der Waals surface area contributed by atoms with Gasteiger partial charge in [-0.05, 0) is 35.7 Å². The van der Waals surface area contributed by atoms with Gasteiger partial charge in [0.05, 0.1) is 29.7 Å². The molecule has 0 aliphatic heterocycles. The first-order chi connectivity index (χ1) is 18.0. The highest BCUT2D eigenvalue weighted by Crippen LogP contribution is 2.41. The average Bonchev–Trinajstić information content (AvgIpc) is 3.18. The zero-order chi connectivity index (χ0) is 27.6. The number of benzene rings is 2. The van der Waals surface area contributed by atoms with E-state index in [0.717, 1.165) is 27.8 Å². The number of hydrogen-bond donors (Lipinski definition) is 3. The molecule has 0 unspecified atom stereocenters. The minimum Gasteiger partial charge on any atom is -0.481 e. The Morgan fingerprint density at radius 3 is 2.32 bits per heavy atom. The lowest BCUT2D eigenvalue weighted by Crippen LogP contribution is -2.19. The predicted molar refractivity (Wildman–Crippen MR) is 146 cm³/mol. The largest absolute Gasteiger partial charge is 0.481 e. The molecule has 2 heterocycles. The summed E-state index contributed by atoms with van der Waals surface area (Å²) in [6.45, 7) is 4.01. The van der Waals surface area contributed by atoms with Crippen molar-refractivity contribution in [3.63, 3.8) is 0 Å². The van der Waals surface area contributed by atoms with Gasteiger partial charge in [-0.3, -0.25) is 4.79 Å². The highest BCUT2D eigenvalue weighted by Gasteiger charge is 2.24. The Balaban J connectivity index is 1.98. The van der Waals surface area contributed by atoms with Gasteiger partial charge < -0.3 is 15.3 Å². The Morgan fingerprint density at radius 2 is 1.71 bits per heavy atom. The van der Waals surface area contributed by atoms with Crippen LogP contribution in [0.3, 0.4) is 0 Å². The van der Waals surface area contributed by atoms with Gasteiger partial charge in [0, 0.05) is 35.2 Å². The topological polar surface area (TPSA) is 108 Å². The summed E-state index contributed by atoms with van der Waals surface area (Å²) in [5.74, 6) is -1.52. The maximum Gasteiger partial charge on any atom is 0.305 e. The van der Waals surface area contributed by atoms with Gasteiger partial charge in [-0.2, -0.15) is 5.10 Å². The van der Waals surface area contributed by atoms with E-state index in [-0.39, 0.29) is 18.2 Å². The summed E-state index contributed by atoms with van der Waals surface area (Å²) in [5.41, 5.74) is 5.12. The molecule has 0 amide bonds. The number of carbonyl (C=O) groups is 1. The summed E-state index contributed by atoms with van der Waals surface area (Å²) in [5, 5.41) is 35.6. The van der Waals surface area contributed by atoms with Gasteiger partial charge in [0.2, 0.25) is 0 Å². The fraction of sp³-hybridized carbons (Fsp3) is 0.276. The number of carboxylic acid groups (broad SMARTS) is 1. The van der Waals surface area contributed by atoms with Crippen LogP contribution >= 0.6 is 11.6 Å². The van der Waals surface area contributed by atoms with Crippen LogP contribution in [0.15, 0.2) is 54.6 Å². The van der Waals surface area contributed by atoms with Crippen molar-refractivity contribution in [3.05, 3.63) is 76.7 Å². The second kappa shape index (κ2) is 11.4. The third-order valence-corrected chi connectivity index (χ3v) is 6.50. The van der Waals surface area contributed by atoms with E-state index in [1.807, 2.05) is 33.0 Å². The highest BCUT2D eigenvalue weighted by atomic mass is 35.5. The van der Waals surface area contributed by atoms with Gasteiger partial charge in [-0.1, -0.05) is 61.9 Å². The molecule has 0 bridgehead atoms. The quantitative estimate of drug-likeness (QED) is 0.248. The second-order valence-electron chi connectivity index (χ2n) is 9.54. The average molecular weight is 538 g/mol. The monoisotopic (exact) mass is 537 g/mol. The first-order valence-electron chi connectivity index (χ1n) is 12.2. The number of aliphatic hydroxyl groups excluding tert-OH is 2. The molecule has 2 aromatic carbocycles. The van der Waals surface area contributed by atoms with E-state index < -0.39 is 24.6 Å². The summed E-state index contributed by atoms with van der Waals surface area (Å²) in [6, 6.07) is 13.5. The number of aliphatic hydroxyl groups is 2. The minimum atomic E-state index is -1.19. The van der Waals surface area contributed by atoms with Crippen LogP contribution in [0.25, 0.3) is 39.5 Å². The van der Waals surface area contributed by atoms with Crippen molar-refractivity contribution >= 4 is 34.7 Å². The predicted octanol–water partition coefficient (Wildman–Crippen LogP) is 5.82. The van der Waals surface area contributed by atoms with E-state index in [4.69, 9.17) is 26.8 Å². The van der Waals surface area contributed by atoms with Gasteiger partial charge in [0.1, 0.15) is 11.5 Å². The van der Waals surface area contributed by atoms with E-state index in [9.17, 15) is 19.4 Å². The number of hydrogen-bond acceptors (Lipinski definition) is 5. The molecular formula is C29H29ClFN3O4. The molecule has 7 nitrogen and oxygen atoms in total. The maximum absolute atomic E-state index is 13.9. The van der Waals surface area contributed by atoms with Crippen LogP contribution in [0.5, 0.6) is 0 Å². The SMILES string of the molecule is CC(C)c1nc2c(c(-c3ccc(Cl)cc3)nn2C)c(-c2ccc(F)cc2)c1/C=C/[C@@H](O)C[C@@H](O)CC(=O)O. The lowest BCUT2D eigenvalue weighted by molar-refractivity contribution is -0.139. The molecule has 198 valence electrons. The van der Waals surface area contributed by atoms with E-state index in [0.29, 0.717) is 21.9 Å². The number of aromatic nitrogens is 3. The molecule has 2 atom stereocenters. The summed E-state index contributed by atoms with van der Waals surface area (Å²) in [4.78, 5) is 15.9. The van der Waals surface area contributed by atoms with Crippen LogP contribution in [0, 0.1) is 5.82 Å². The Kier molecular flexibility index (Phi) is 8.26. The number of halogens is 2. The number of rotatable bonds is 9. The fourth-order valence-corrected chi connectivity index (χ4v) is 4.62. The van der Waals surface area contributed by atoms with E-state index in [2.05, 4.69) is 0 Å². The standard InChI is InChI=1S/C29H29ClFN3O4/c1-16(2)27-23(13-12-21(35)14-22(36)15-24(37)38)25(17-6-10-20(31)11-7-17)26-28(33-34(3)29(26)32-27)18-4-8-19(30)9-5-18/h4-13,16,21-22,35-36H,14-15H2,1-3H3,(H,37,38)/b13-12+/t21-,22-/m1/s1. The number of nitrogens with zero attached hydrogens (tertiary/aromatic N) is 3. The van der Waals surface area contributed by atoms with Crippen molar-refractivity contribution in [3.8, 4) is 22.4 Å². The summed E-state index contributed by atoms with van der Waals surface area (Å²) >= 11 is 6.12. The zero-order valence-electron chi connectivity index (χ0n) is 21.3. The Labute approximate surface area is 224 Å². The second-order valence-corrected chi connectivity index (χ2v) is 9.98. The summed E-state index contributed by atoms with van der Waals surface area (Å²) < 4.78 is 15.6. The van der Waals surface area contributed by atoms with Gasteiger partial charge in [0.25, 0.3) is 0 Å². The molecule has 9 heteroatoms. The molecule has 4 rings (SSSR count). The molecule has 3 N–H and O–H groups in total. The fourth-order valence-electron chi connectivity index (χ4n) is 4.50. The van der Waals surface area contributed by atoms with Crippen molar-refractivity contribution < 1.29 is 24.5 Å². The highest BCUT2D eigenvalue weighted by molar-refractivity contribution is 6.30. The number of aliphatic carboxylic acids is 1. The number of aryl methyl sites for hydroxylation is 1. The molecule has 2 aromatic heterocycles. The first-order valence-corrected chi connectivity index (χ1v) is 12.6. The third kappa shape index (κ3) is 5.93. The molecule has 0 saturated carbocycles. The molecule has 0 aliphatic rings. The van der Waals surface area contributed by atoms with Crippen LogP contribution in [-0.2, 0) is 11.8 Å². The molecular weight excluding hydrogens is 509 g/mol. The van der Waals surface area contributed by atoms with E-state index >= 15 is 0 Å². The van der Waals surface area contributed by atoms with Crippen LogP contribution in [0.2, 0.25) is 5.02 Å². The van der Waals surface area contributed by atoms with Crippen molar-refractivity contribution in [1.82, 2.24) is 14.8 Å². The van der Waals surface area contributed by atoms with Crippen LogP contribution < -0.4 is 0 Å². The van der Waals surface area contributed by atoms with Crippen LogP contribution in [0.4, 0.5) is 4.39 Å². The Hall–Kier alpha value is -3.59. The lowest BCUT2D eigenvalue weighted by Gasteiger charge is -2.17. The van der Waals surface area contributed by atoms with Crippen molar-refractivity contribution in [2.45, 2.75) is 44.8 Å². The zero-order valence-corrected chi connectivity index (χ0v) is 22.0. The van der Waals surface area contributed by atoms with Gasteiger partial charge in [0.15, 0.2) is 5.65 Å². The summed E-state index contributed by atoms with van der Waals surface area (Å²) in [6.07, 6.45) is 0.373. The van der Waals surface area contributed by atoms with Gasteiger partial charge in [-0.15, -0.1) is 0 Å². The maximum atomic E-state index is 13.9. The molecule has 0 fully saturated rings. The summed E-state index contributed by atoms with van der Waals surface area (Å²) in [7, 11) is 1.82. The number of fused-ring (bicyclic) bond motifs is 1. The van der Waals surface area contributed by atoms with Crippen molar-refractivity contribution in [2.24, 2.45) is 7.05 Å². The molecule has 0 spiro atoms. The van der Waals surface area contributed by atoms with E-state index in [1.54, 1.807) is 35.0 Å². The van der Waals surface area contributed by atoms with Crippen LogP contribution in [0.1, 0.15) is 43.9 Å². The van der Waals surface area contributed by atoms with Crippen molar-refractivity contribution in [1.29, 1.82) is 0 Å². The van der Waals surface area contributed by atoms with E-state index in [1.165, 1.54) is 18.2 Å². The van der Waals surface area contributed by atoms with Gasteiger partial charge >= 0.3 is 5.97 Å². The molecule has 4 aromatic rings. The van der Waals surface area contributed by atoms with Gasteiger partial charge in [-0.25, -0.2) is 14.1 Å². The third-order valence-electron chi connectivity index (χ3n) is 6.24. The molecule has 38 heavy (non-hydrogen) atoms.